The Morgan fingerprint density at radius 1 is 1.36 bits per heavy atom. The minimum atomic E-state index is -2.29. The molecule has 0 saturated heterocycles. The van der Waals surface area contributed by atoms with Crippen LogP contribution in [-0.4, -0.2) is 16.9 Å². The molecule has 3 nitrogen and oxygen atoms in total. The molecule has 2 N–H and O–H groups in total. The van der Waals surface area contributed by atoms with Crippen molar-refractivity contribution in [1.29, 1.82) is 5.26 Å². The van der Waals surface area contributed by atoms with Crippen LogP contribution in [0.2, 0.25) is 0 Å². The molecule has 0 aromatic carbocycles. The van der Waals surface area contributed by atoms with Crippen LogP contribution in [0.15, 0.2) is 0 Å². The Morgan fingerprint density at radius 3 is 2.07 bits per heavy atom. The van der Waals surface area contributed by atoms with Gasteiger partial charge < -0.3 is 0 Å². The summed E-state index contributed by atoms with van der Waals surface area (Å²) < 4.78 is 5.66. The normalized spacial score (nSPS) is 15.6. The van der Waals surface area contributed by atoms with Crippen molar-refractivity contribution in [1.82, 2.24) is 0 Å². The molecule has 0 aliphatic heterocycles. The van der Waals surface area contributed by atoms with Crippen molar-refractivity contribution >= 4 is 19.2 Å². The molecule has 0 aromatic heterocycles. The molecular formula is C9H20ClN2OP. The molecule has 0 bridgehead atoms. The van der Waals surface area contributed by atoms with Gasteiger partial charge in [-0.15, -0.1) is 0 Å². The third-order valence-electron chi connectivity index (χ3n) is 2.39. The molecule has 0 saturated carbocycles. The Hall–Kier alpha value is 0.130. The third-order valence-corrected chi connectivity index (χ3v) is 7.08. The summed E-state index contributed by atoms with van der Waals surface area (Å²) >= 11 is 5.86. The van der Waals surface area contributed by atoms with Crippen LogP contribution in [0.4, 0.5) is 0 Å². The van der Waals surface area contributed by atoms with Crippen LogP contribution >= 0.6 is 19.2 Å². The molecule has 5 heteroatoms. The fourth-order valence-electron chi connectivity index (χ4n) is 1.27. The number of hydrogen-bond donors (Lipinski definition) is 1. The molecule has 1 atom stereocenters. The molecule has 0 aromatic rings. The van der Waals surface area contributed by atoms with E-state index in [1.807, 2.05) is 33.8 Å². The molecular weight excluding hydrogens is 219 g/mol. The monoisotopic (exact) mass is 238 g/mol. The maximum absolute atomic E-state index is 8.47. The first-order chi connectivity index (χ1) is 6.34. The Kier molecular flexibility index (Phi) is 5.93. The molecule has 0 radical (unpaired) electrons. The summed E-state index contributed by atoms with van der Waals surface area (Å²) in [5, 5.41) is 8.47. The van der Waals surface area contributed by atoms with Crippen LogP contribution < -0.4 is 5.50 Å². The van der Waals surface area contributed by atoms with Crippen molar-refractivity contribution in [3.05, 3.63) is 0 Å². The number of nitrogens with zero attached hydrogens (tertiary/aromatic N) is 1. The second kappa shape index (κ2) is 5.88. The van der Waals surface area contributed by atoms with E-state index < -0.39 is 13.2 Å². The molecule has 0 amide bonds. The van der Waals surface area contributed by atoms with Gasteiger partial charge in [0.2, 0.25) is 0 Å². The van der Waals surface area contributed by atoms with Crippen LogP contribution in [0.5, 0.6) is 0 Å². The Labute approximate surface area is 92.0 Å². The van der Waals surface area contributed by atoms with Crippen LogP contribution in [-0.2, 0) is 4.52 Å². The average molecular weight is 239 g/mol. The fraction of sp³-hybridized carbons (Fsp3) is 0.889. The quantitative estimate of drug-likeness (QED) is 0.592. The predicted octanol–water partition coefficient (Wildman–Crippen LogP) is 2.84. The van der Waals surface area contributed by atoms with E-state index in [9.17, 15) is 0 Å². The standard InChI is InChI=1S/C9H20ClN2OP/c1-7(2)14(12,8(3)4)13-9(10)5-6-11/h7-9,14H,5,12H2,1-4H3. The van der Waals surface area contributed by atoms with Crippen molar-refractivity contribution in [2.45, 2.75) is 51.0 Å². The second-order valence-corrected chi connectivity index (χ2v) is 8.79. The summed E-state index contributed by atoms with van der Waals surface area (Å²) in [5.74, 6) is 0. The first-order valence-corrected chi connectivity index (χ1v) is 7.40. The first kappa shape index (κ1) is 14.1. The Balaban J connectivity index is 4.46. The van der Waals surface area contributed by atoms with E-state index in [1.54, 1.807) is 0 Å². The zero-order valence-electron chi connectivity index (χ0n) is 9.25. The van der Waals surface area contributed by atoms with Crippen LogP contribution in [0, 0.1) is 11.3 Å². The zero-order valence-corrected chi connectivity index (χ0v) is 11.0. The summed E-state index contributed by atoms with van der Waals surface area (Å²) in [4.78, 5) is 0. The number of halogens is 1. The van der Waals surface area contributed by atoms with E-state index in [1.165, 1.54) is 0 Å². The predicted molar refractivity (Wildman–Crippen MR) is 63.7 cm³/mol. The van der Waals surface area contributed by atoms with Gasteiger partial charge in [0.1, 0.15) is 0 Å². The van der Waals surface area contributed by atoms with Gasteiger partial charge in [-0.2, -0.15) is 0 Å². The zero-order chi connectivity index (χ0) is 11.4. The molecule has 84 valence electrons. The molecule has 0 heterocycles. The van der Waals surface area contributed by atoms with Crippen LogP contribution in [0.25, 0.3) is 0 Å². The van der Waals surface area contributed by atoms with Crippen molar-refractivity contribution in [3.8, 4) is 6.07 Å². The number of nitrogens with two attached hydrogens (primary N) is 1. The summed E-state index contributed by atoms with van der Waals surface area (Å²) in [6, 6.07) is 1.98. The first-order valence-electron chi connectivity index (χ1n) is 4.82. The van der Waals surface area contributed by atoms with Gasteiger partial charge in [0, 0.05) is 0 Å². The van der Waals surface area contributed by atoms with Crippen molar-refractivity contribution < 1.29 is 4.52 Å². The van der Waals surface area contributed by atoms with E-state index in [2.05, 4.69) is 0 Å². The third kappa shape index (κ3) is 3.71. The van der Waals surface area contributed by atoms with E-state index in [0.29, 0.717) is 11.3 Å². The van der Waals surface area contributed by atoms with Gasteiger partial charge in [0.25, 0.3) is 0 Å². The van der Waals surface area contributed by atoms with Crippen LogP contribution in [0.1, 0.15) is 34.1 Å². The van der Waals surface area contributed by atoms with Crippen molar-refractivity contribution in [3.63, 3.8) is 0 Å². The van der Waals surface area contributed by atoms with Crippen LogP contribution in [0.3, 0.4) is 0 Å². The summed E-state index contributed by atoms with van der Waals surface area (Å²) in [6.45, 7) is 8.18. The molecule has 1 unspecified atom stereocenters. The van der Waals surface area contributed by atoms with Gasteiger partial charge in [-0.05, 0) is 0 Å². The van der Waals surface area contributed by atoms with Gasteiger partial charge >= 0.3 is 91.6 Å². The van der Waals surface area contributed by atoms with Gasteiger partial charge in [-0.25, -0.2) is 0 Å². The molecule has 0 aliphatic rings. The second-order valence-electron chi connectivity index (χ2n) is 4.05. The molecule has 0 aliphatic carbocycles. The van der Waals surface area contributed by atoms with Gasteiger partial charge in [0.05, 0.1) is 0 Å². The fourth-order valence-corrected chi connectivity index (χ4v) is 4.21. The summed E-state index contributed by atoms with van der Waals surface area (Å²) in [7, 11) is -2.29. The number of hydrogen-bond acceptors (Lipinski definition) is 3. The number of nitriles is 1. The van der Waals surface area contributed by atoms with Gasteiger partial charge in [-0.3, -0.25) is 0 Å². The van der Waals surface area contributed by atoms with E-state index in [-0.39, 0.29) is 6.42 Å². The molecule has 14 heavy (non-hydrogen) atoms. The van der Waals surface area contributed by atoms with E-state index in [0.717, 1.165) is 0 Å². The summed E-state index contributed by atoms with van der Waals surface area (Å²) in [6.07, 6.45) is 0.187. The SMILES string of the molecule is CC(C)[PH](N)(OC(Cl)CC#N)C(C)C. The maximum atomic E-state index is 8.47. The number of rotatable bonds is 5. The topological polar surface area (TPSA) is 59.0 Å². The van der Waals surface area contributed by atoms with E-state index >= 15 is 0 Å². The minimum absolute atomic E-state index is 0.187. The van der Waals surface area contributed by atoms with Crippen molar-refractivity contribution in [2.75, 3.05) is 0 Å². The summed E-state index contributed by atoms with van der Waals surface area (Å²) in [5.41, 5.74) is 6.26. The van der Waals surface area contributed by atoms with Crippen molar-refractivity contribution in [2.24, 2.45) is 5.50 Å². The van der Waals surface area contributed by atoms with Gasteiger partial charge in [-0.1, -0.05) is 0 Å². The average Bonchev–Trinajstić information content (AvgIpc) is 2.03. The molecule has 0 fully saturated rings. The number of alkyl halides is 1. The molecule has 0 spiro atoms. The van der Waals surface area contributed by atoms with Gasteiger partial charge in [0.15, 0.2) is 0 Å². The molecule has 0 rings (SSSR count). The Morgan fingerprint density at radius 2 is 1.79 bits per heavy atom. The van der Waals surface area contributed by atoms with E-state index in [4.69, 9.17) is 26.9 Å². The Bertz CT molecular complexity index is 207.